The fourth-order valence-electron chi connectivity index (χ4n) is 1.31. The minimum absolute atomic E-state index is 0.136. The van der Waals surface area contributed by atoms with Crippen LogP contribution in [-0.2, 0) is 0 Å². The Balaban J connectivity index is 3.37. The molecule has 0 bridgehead atoms. The van der Waals surface area contributed by atoms with Crippen LogP contribution in [0.2, 0.25) is 0 Å². The van der Waals surface area contributed by atoms with Crippen LogP contribution in [0.15, 0.2) is 22.7 Å². The average Bonchev–Trinajstić information content (AvgIpc) is 2.16. The Bertz CT molecular complexity index is 409. The van der Waals surface area contributed by atoms with E-state index in [0.29, 0.717) is 0 Å². The first kappa shape index (κ1) is 10.2. The van der Waals surface area contributed by atoms with Crippen LogP contribution in [-0.4, -0.2) is 6.17 Å². The number of allylic oxidation sites excluding steroid dienone is 3. The van der Waals surface area contributed by atoms with Crippen molar-refractivity contribution in [2.45, 2.75) is 13.1 Å². The Morgan fingerprint density at radius 3 is 2.43 bits per heavy atom. The molecular weight excluding hydrogens is 188 g/mol. The van der Waals surface area contributed by atoms with Crippen LogP contribution >= 0.6 is 0 Å². The molecule has 2 unspecified atom stereocenters. The summed E-state index contributed by atoms with van der Waals surface area (Å²) < 4.78 is 26.2. The molecule has 1 rings (SSSR count). The normalized spacial score (nSPS) is 27.2. The van der Waals surface area contributed by atoms with E-state index in [0.717, 1.165) is 0 Å². The molecule has 0 radical (unpaired) electrons. The van der Waals surface area contributed by atoms with Gasteiger partial charge < -0.3 is 5.73 Å². The molecule has 1 aliphatic rings. The van der Waals surface area contributed by atoms with Gasteiger partial charge in [0.2, 0.25) is 0 Å². The zero-order valence-electron chi connectivity index (χ0n) is 7.38. The van der Waals surface area contributed by atoms with Crippen molar-refractivity contribution in [1.29, 1.82) is 10.5 Å². The Labute approximate surface area is 79.7 Å². The Hall–Kier alpha value is -1.88. The summed E-state index contributed by atoms with van der Waals surface area (Å²) >= 11 is 0. The molecule has 72 valence electrons. The van der Waals surface area contributed by atoms with E-state index in [1.165, 1.54) is 6.92 Å². The zero-order valence-corrected chi connectivity index (χ0v) is 7.38. The van der Waals surface area contributed by atoms with Gasteiger partial charge in [-0.05, 0) is 12.5 Å². The summed E-state index contributed by atoms with van der Waals surface area (Å²) in [6.07, 6.45) is -2.06. The summed E-state index contributed by atoms with van der Waals surface area (Å²) in [5, 5.41) is 17.2. The minimum atomic E-state index is -2.06. The molecule has 0 amide bonds. The summed E-state index contributed by atoms with van der Waals surface area (Å²) in [7, 11) is 0. The lowest BCUT2D eigenvalue weighted by Gasteiger charge is -2.21. The predicted molar refractivity (Wildman–Crippen MR) is 44.6 cm³/mol. The van der Waals surface area contributed by atoms with Gasteiger partial charge in [0.25, 0.3) is 0 Å². The van der Waals surface area contributed by atoms with E-state index < -0.39 is 23.6 Å². The first-order valence-electron chi connectivity index (χ1n) is 3.84. The van der Waals surface area contributed by atoms with Crippen LogP contribution in [0, 0.1) is 28.6 Å². The van der Waals surface area contributed by atoms with Gasteiger partial charge in [-0.25, -0.2) is 8.78 Å². The Morgan fingerprint density at radius 2 is 2.00 bits per heavy atom. The maximum absolute atomic E-state index is 13.2. The number of nitriles is 2. The number of hydrogen-bond donors (Lipinski definition) is 1. The second-order valence-electron chi connectivity index (χ2n) is 2.94. The lowest BCUT2D eigenvalue weighted by atomic mass is 9.86. The highest BCUT2D eigenvalue weighted by molar-refractivity contribution is 5.51. The monoisotopic (exact) mass is 195 g/mol. The molecule has 0 saturated carbocycles. The summed E-state index contributed by atoms with van der Waals surface area (Å²) in [6, 6.07) is 3.26. The van der Waals surface area contributed by atoms with Gasteiger partial charge in [0, 0.05) is 0 Å². The number of hydrogen-bond acceptors (Lipinski definition) is 3. The van der Waals surface area contributed by atoms with Gasteiger partial charge in [-0.1, -0.05) is 0 Å². The number of nitrogens with zero attached hydrogens (tertiary/aromatic N) is 2. The van der Waals surface area contributed by atoms with Crippen LogP contribution in [0.5, 0.6) is 0 Å². The highest BCUT2D eigenvalue weighted by Crippen LogP contribution is 2.34. The molecule has 3 nitrogen and oxygen atoms in total. The molecule has 5 heteroatoms. The van der Waals surface area contributed by atoms with Crippen LogP contribution < -0.4 is 5.73 Å². The summed E-state index contributed by atoms with van der Waals surface area (Å²) in [5.74, 6) is -2.48. The summed E-state index contributed by atoms with van der Waals surface area (Å²) in [4.78, 5) is 0. The standard InChI is InChI=1S/C9H7F2N3/c1-4-5(2-12)7(10)8(11)9(14)6(4)3-13/h5,7H,14H2,1H3. The highest BCUT2D eigenvalue weighted by atomic mass is 19.2. The molecule has 2 atom stereocenters. The number of nitrogens with two attached hydrogens (primary N) is 1. The molecule has 0 spiro atoms. The molecule has 0 aliphatic heterocycles. The van der Waals surface area contributed by atoms with E-state index in [1.807, 2.05) is 0 Å². The maximum atomic E-state index is 13.2. The third-order valence-electron chi connectivity index (χ3n) is 2.17. The lowest BCUT2D eigenvalue weighted by Crippen LogP contribution is -2.26. The van der Waals surface area contributed by atoms with Gasteiger partial charge in [0.15, 0.2) is 12.0 Å². The van der Waals surface area contributed by atoms with Crippen LogP contribution in [0.1, 0.15) is 6.92 Å². The second kappa shape index (κ2) is 3.47. The molecule has 0 aromatic carbocycles. The number of alkyl halides is 1. The van der Waals surface area contributed by atoms with Crippen molar-refractivity contribution in [2.75, 3.05) is 0 Å². The largest absolute Gasteiger partial charge is 0.395 e. The lowest BCUT2D eigenvalue weighted by molar-refractivity contribution is 0.279. The third-order valence-corrected chi connectivity index (χ3v) is 2.17. The molecule has 14 heavy (non-hydrogen) atoms. The van der Waals surface area contributed by atoms with Crippen molar-refractivity contribution in [2.24, 2.45) is 11.7 Å². The Morgan fingerprint density at radius 1 is 1.43 bits per heavy atom. The SMILES string of the molecule is CC1=C(C#N)C(N)=C(F)C(F)C1C#N. The Kier molecular flexibility index (Phi) is 2.53. The molecular formula is C9H7F2N3. The van der Waals surface area contributed by atoms with Gasteiger partial charge in [-0.2, -0.15) is 10.5 Å². The second-order valence-corrected chi connectivity index (χ2v) is 2.94. The first-order chi connectivity index (χ1) is 6.54. The van der Waals surface area contributed by atoms with Crippen molar-refractivity contribution < 1.29 is 8.78 Å². The van der Waals surface area contributed by atoms with Gasteiger partial charge in [0.1, 0.15) is 12.0 Å². The predicted octanol–water partition coefficient (Wildman–Crippen LogP) is 1.46. The van der Waals surface area contributed by atoms with E-state index in [-0.39, 0.29) is 11.1 Å². The number of rotatable bonds is 0. The van der Waals surface area contributed by atoms with E-state index in [9.17, 15) is 8.78 Å². The van der Waals surface area contributed by atoms with Crippen molar-refractivity contribution in [3.8, 4) is 12.1 Å². The first-order valence-corrected chi connectivity index (χ1v) is 3.84. The molecule has 0 aromatic rings. The molecule has 0 aromatic heterocycles. The third kappa shape index (κ3) is 1.23. The molecule has 0 heterocycles. The quantitative estimate of drug-likeness (QED) is 0.635. The van der Waals surface area contributed by atoms with Crippen LogP contribution in [0.25, 0.3) is 0 Å². The summed E-state index contributed by atoms with van der Waals surface area (Å²) in [6.45, 7) is 1.40. The van der Waals surface area contributed by atoms with Crippen molar-refractivity contribution in [1.82, 2.24) is 0 Å². The maximum Gasteiger partial charge on any atom is 0.173 e. The molecule has 0 fully saturated rings. The fourth-order valence-corrected chi connectivity index (χ4v) is 1.31. The van der Waals surface area contributed by atoms with Crippen LogP contribution in [0.4, 0.5) is 8.78 Å². The topological polar surface area (TPSA) is 73.6 Å². The fraction of sp³-hybridized carbons (Fsp3) is 0.333. The van der Waals surface area contributed by atoms with E-state index in [2.05, 4.69) is 0 Å². The van der Waals surface area contributed by atoms with Crippen molar-refractivity contribution in [3.63, 3.8) is 0 Å². The average molecular weight is 195 g/mol. The summed E-state index contributed by atoms with van der Waals surface area (Å²) in [5.41, 5.74) is 4.76. The van der Waals surface area contributed by atoms with E-state index >= 15 is 0 Å². The molecule has 0 saturated heterocycles. The van der Waals surface area contributed by atoms with Gasteiger partial charge in [0.05, 0.1) is 17.3 Å². The molecule has 2 N–H and O–H groups in total. The molecule has 1 aliphatic carbocycles. The van der Waals surface area contributed by atoms with Gasteiger partial charge in [-0.15, -0.1) is 0 Å². The zero-order chi connectivity index (χ0) is 10.9. The number of halogens is 2. The van der Waals surface area contributed by atoms with Crippen LogP contribution in [0.3, 0.4) is 0 Å². The van der Waals surface area contributed by atoms with Crippen molar-refractivity contribution >= 4 is 0 Å². The van der Waals surface area contributed by atoms with Gasteiger partial charge in [-0.3, -0.25) is 0 Å². The smallest absolute Gasteiger partial charge is 0.173 e. The van der Waals surface area contributed by atoms with E-state index in [1.54, 1.807) is 12.1 Å². The minimum Gasteiger partial charge on any atom is -0.395 e. The van der Waals surface area contributed by atoms with Crippen molar-refractivity contribution in [3.05, 3.63) is 22.7 Å². The highest BCUT2D eigenvalue weighted by Gasteiger charge is 2.35. The van der Waals surface area contributed by atoms with E-state index in [4.69, 9.17) is 16.3 Å². The van der Waals surface area contributed by atoms with Gasteiger partial charge >= 0.3 is 0 Å².